The Bertz CT molecular complexity index is 1900. The lowest BCUT2D eigenvalue weighted by molar-refractivity contribution is -0.0499. The van der Waals surface area contributed by atoms with Crippen molar-refractivity contribution in [3.8, 4) is 28.7 Å². The Hall–Kier alpha value is -4.60. The van der Waals surface area contributed by atoms with Gasteiger partial charge in [0.1, 0.15) is 35.6 Å². The van der Waals surface area contributed by atoms with Gasteiger partial charge in [0.05, 0.1) is 33.2 Å². The Morgan fingerprint density at radius 2 is 2.00 bits per heavy atom. The van der Waals surface area contributed by atoms with Gasteiger partial charge in [-0.05, 0) is 43.3 Å². The van der Waals surface area contributed by atoms with Crippen LogP contribution in [-0.2, 0) is 6.54 Å². The molecule has 0 aliphatic heterocycles. The molecule has 0 unspecified atom stereocenters. The van der Waals surface area contributed by atoms with E-state index in [2.05, 4.69) is 14.7 Å². The minimum Gasteiger partial charge on any atom is -0.491 e. The maximum Gasteiger partial charge on any atom is 0.387 e. The molecule has 0 aliphatic rings. The zero-order valence-corrected chi connectivity index (χ0v) is 22.1. The van der Waals surface area contributed by atoms with Gasteiger partial charge in [0.2, 0.25) is 0 Å². The number of alkyl halides is 2. The number of aromatic nitrogens is 3. The largest absolute Gasteiger partial charge is 0.491 e. The first kappa shape index (κ1) is 27.0. The first-order valence-corrected chi connectivity index (χ1v) is 12.9. The van der Waals surface area contributed by atoms with Crippen LogP contribution in [-0.4, -0.2) is 38.8 Å². The molecule has 2 aromatic carbocycles. The Labute approximate surface area is 233 Å². The summed E-state index contributed by atoms with van der Waals surface area (Å²) in [5, 5.41) is 20.9. The van der Waals surface area contributed by atoms with Gasteiger partial charge in [0, 0.05) is 27.7 Å². The number of carboxylic acids is 1. The Kier molecular flexibility index (Phi) is 7.34. The number of carboxylic acid groups (broad SMARTS) is 1. The minimum absolute atomic E-state index is 0.00325. The summed E-state index contributed by atoms with van der Waals surface area (Å²) in [5.41, 5.74) is 0.942. The number of nitrogens with zero attached hydrogens (tertiary/aromatic N) is 4. The molecular weight excluding hydrogens is 566 g/mol. The molecule has 0 atom stereocenters. The number of rotatable bonds is 8. The molecule has 5 rings (SSSR count). The van der Waals surface area contributed by atoms with Crippen LogP contribution < -0.4 is 15.0 Å². The fourth-order valence-electron chi connectivity index (χ4n) is 4.35. The van der Waals surface area contributed by atoms with Gasteiger partial charge in [0.25, 0.3) is 5.56 Å². The topological polar surface area (TPSA) is 127 Å². The Balaban J connectivity index is 1.49. The highest BCUT2D eigenvalue weighted by Gasteiger charge is 2.20. The third-order valence-corrected chi connectivity index (χ3v) is 7.33. The molecule has 0 bridgehead atoms. The fraction of sp³-hybridized carbons (Fsp3) is 0.148. The quantitative estimate of drug-likeness (QED) is 0.240. The highest BCUT2D eigenvalue weighted by Crippen LogP contribution is 2.39. The predicted octanol–water partition coefficient (Wildman–Crippen LogP) is 5.89. The lowest BCUT2D eigenvalue weighted by Gasteiger charge is -2.15. The number of nitriles is 1. The number of thiophene rings is 1. The van der Waals surface area contributed by atoms with E-state index in [0.717, 1.165) is 0 Å². The van der Waals surface area contributed by atoms with Gasteiger partial charge in [-0.3, -0.25) is 14.3 Å². The van der Waals surface area contributed by atoms with Gasteiger partial charge in [0.15, 0.2) is 0 Å². The number of hydrogen-bond acceptors (Lipinski definition) is 8. The minimum atomic E-state index is -3.17. The second-order valence-corrected chi connectivity index (χ2v) is 9.73. The Morgan fingerprint density at radius 3 is 2.73 bits per heavy atom. The molecule has 202 valence electrons. The van der Waals surface area contributed by atoms with Crippen LogP contribution in [0.3, 0.4) is 0 Å². The second kappa shape index (κ2) is 10.9. The van der Waals surface area contributed by atoms with Crippen LogP contribution in [0.5, 0.6) is 11.5 Å². The average Bonchev–Trinajstić information content (AvgIpc) is 3.36. The van der Waals surface area contributed by atoms with Crippen LogP contribution in [0.25, 0.3) is 32.2 Å². The third-order valence-electron chi connectivity index (χ3n) is 6.09. The summed E-state index contributed by atoms with van der Waals surface area (Å²) >= 11 is 7.51. The number of ether oxygens (including phenoxy) is 2. The standard InChI is InChI=1S/C27H17ClF2N4O5S/c1-13-33-19-3-5-21(39-27(29)30)17(11-31)22(19)25(35)34(13)8-9-38-20-4-2-14(28)10-16(20)15-6-7-32-23-18(26(36)37)12-40-24(15)23/h2-7,10,12,27H,8-9H2,1H3,(H,36,37). The van der Waals surface area contributed by atoms with E-state index in [1.807, 2.05) is 0 Å². The summed E-state index contributed by atoms with van der Waals surface area (Å²) in [5.74, 6) is -0.744. The molecular formula is C27H17ClF2N4O5S. The Morgan fingerprint density at radius 1 is 1.23 bits per heavy atom. The molecule has 0 saturated carbocycles. The molecule has 13 heteroatoms. The molecule has 3 heterocycles. The van der Waals surface area contributed by atoms with Gasteiger partial charge in [-0.15, -0.1) is 11.3 Å². The molecule has 3 aromatic heterocycles. The van der Waals surface area contributed by atoms with Crippen molar-refractivity contribution in [1.82, 2.24) is 14.5 Å². The molecule has 5 aromatic rings. The summed E-state index contributed by atoms with van der Waals surface area (Å²) in [7, 11) is 0. The van der Waals surface area contributed by atoms with Crippen molar-refractivity contribution in [2.24, 2.45) is 0 Å². The summed E-state index contributed by atoms with van der Waals surface area (Å²) in [6, 6.07) is 11.0. The van der Waals surface area contributed by atoms with Gasteiger partial charge < -0.3 is 14.6 Å². The van der Waals surface area contributed by atoms with Crippen molar-refractivity contribution in [2.45, 2.75) is 20.1 Å². The number of aromatic carboxylic acids is 1. The van der Waals surface area contributed by atoms with Crippen molar-refractivity contribution in [3.05, 3.63) is 80.3 Å². The van der Waals surface area contributed by atoms with Crippen molar-refractivity contribution in [1.29, 1.82) is 5.26 Å². The van der Waals surface area contributed by atoms with Crippen molar-refractivity contribution >= 4 is 50.0 Å². The van der Waals surface area contributed by atoms with Crippen LogP contribution in [0.15, 0.2) is 52.8 Å². The second-order valence-electron chi connectivity index (χ2n) is 8.42. The summed E-state index contributed by atoms with van der Waals surface area (Å²) in [6.07, 6.45) is 1.50. The van der Waals surface area contributed by atoms with Crippen LogP contribution in [0, 0.1) is 18.3 Å². The molecule has 0 fully saturated rings. The van der Waals surface area contributed by atoms with Gasteiger partial charge in [-0.25, -0.2) is 9.78 Å². The summed E-state index contributed by atoms with van der Waals surface area (Å²) in [6.45, 7) is -1.54. The monoisotopic (exact) mass is 582 g/mol. The van der Waals surface area contributed by atoms with Gasteiger partial charge >= 0.3 is 12.6 Å². The van der Waals surface area contributed by atoms with Crippen LogP contribution in [0.2, 0.25) is 5.02 Å². The number of hydrogen-bond donors (Lipinski definition) is 1. The zero-order valence-electron chi connectivity index (χ0n) is 20.5. The van der Waals surface area contributed by atoms with Gasteiger partial charge in [-0.1, -0.05) is 11.6 Å². The molecule has 0 radical (unpaired) electrons. The smallest absolute Gasteiger partial charge is 0.387 e. The first-order valence-electron chi connectivity index (χ1n) is 11.6. The van der Waals surface area contributed by atoms with Crippen LogP contribution >= 0.6 is 22.9 Å². The normalized spacial score (nSPS) is 11.2. The predicted molar refractivity (Wildman–Crippen MR) is 145 cm³/mol. The maximum atomic E-state index is 13.3. The highest BCUT2D eigenvalue weighted by atomic mass is 35.5. The summed E-state index contributed by atoms with van der Waals surface area (Å²) in [4.78, 5) is 33.5. The lowest BCUT2D eigenvalue weighted by atomic mass is 10.0. The molecule has 0 spiro atoms. The number of benzene rings is 2. The van der Waals surface area contributed by atoms with E-state index in [9.17, 15) is 28.7 Å². The number of halogens is 3. The fourth-order valence-corrected chi connectivity index (χ4v) is 5.55. The number of pyridine rings is 1. The lowest BCUT2D eigenvalue weighted by Crippen LogP contribution is -2.27. The molecule has 0 aliphatic carbocycles. The van der Waals surface area contributed by atoms with Crippen molar-refractivity contribution in [3.63, 3.8) is 0 Å². The van der Waals surface area contributed by atoms with Crippen molar-refractivity contribution in [2.75, 3.05) is 6.61 Å². The highest BCUT2D eigenvalue weighted by molar-refractivity contribution is 7.18. The van der Waals surface area contributed by atoms with E-state index in [1.165, 1.54) is 39.6 Å². The molecule has 1 N–H and O–H groups in total. The SMILES string of the molecule is Cc1nc2ccc(OC(F)F)c(C#N)c2c(=O)n1CCOc1ccc(Cl)cc1-c1ccnc2c(C(=O)O)csc12. The zero-order chi connectivity index (χ0) is 28.6. The molecule has 9 nitrogen and oxygen atoms in total. The van der Waals surface area contributed by atoms with E-state index in [0.29, 0.717) is 37.9 Å². The van der Waals surface area contributed by atoms with E-state index < -0.39 is 23.9 Å². The third kappa shape index (κ3) is 4.92. The first-order chi connectivity index (χ1) is 19.2. The summed E-state index contributed by atoms with van der Waals surface area (Å²) < 4.78 is 38.0. The average molecular weight is 583 g/mol. The van der Waals surface area contributed by atoms with Crippen molar-refractivity contribution < 1.29 is 28.2 Å². The maximum absolute atomic E-state index is 13.3. The number of fused-ring (bicyclic) bond motifs is 2. The molecule has 0 saturated heterocycles. The van der Waals surface area contributed by atoms with Crippen LogP contribution in [0.4, 0.5) is 8.78 Å². The van der Waals surface area contributed by atoms with E-state index in [4.69, 9.17) is 16.3 Å². The van der Waals surface area contributed by atoms with Crippen LogP contribution in [0.1, 0.15) is 21.7 Å². The van der Waals surface area contributed by atoms with Gasteiger partial charge in [-0.2, -0.15) is 14.0 Å². The number of aryl methyl sites for hydroxylation is 1. The molecule has 0 amide bonds. The number of carbonyl (C=O) groups is 1. The molecule has 40 heavy (non-hydrogen) atoms. The van der Waals surface area contributed by atoms with E-state index >= 15 is 0 Å². The van der Waals surface area contributed by atoms with E-state index in [1.54, 1.807) is 37.3 Å². The van der Waals surface area contributed by atoms with E-state index in [-0.39, 0.29) is 35.2 Å².